The molecule has 4 aromatic heterocycles. The average molecular weight is 419 g/mol. The van der Waals surface area contributed by atoms with Crippen molar-refractivity contribution in [1.29, 1.82) is 0 Å². The van der Waals surface area contributed by atoms with Gasteiger partial charge < -0.3 is 15.4 Å². The molecule has 2 saturated heterocycles. The van der Waals surface area contributed by atoms with E-state index in [1.54, 1.807) is 0 Å². The second kappa shape index (κ2) is 7.51. The molecule has 0 unspecified atom stereocenters. The number of nitrogens with one attached hydrogen (secondary N) is 2. The minimum atomic E-state index is 0.388. The third-order valence-corrected chi connectivity index (χ3v) is 6.46. The predicted molar refractivity (Wildman–Crippen MR) is 120 cm³/mol. The summed E-state index contributed by atoms with van der Waals surface area (Å²) in [6.07, 6.45) is 7.97. The van der Waals surface area contributed by atoms with Gasteiger partial charge >= 0.3 is 0 Å². The van der Waals surface area contributed by atoms with Crippen LogP contribution >= 0.6 is 0 Å². The second-order valence-corrected chi connectivity index (χ2v) is 8.32. The molecule has 2 fully saturated rings. The van der Waals surface area contributed by atoms with E-state index < -0.39 is 0 Å². The predicted octanol–water partition coefficient (Wildman–Crippen LogP) is 2.36. The third-order valence-electron chi connectivity index (χ3n) is 6.46. The molecule has 0 saturated carbocycles. The summed E-state index contributed by atoms with van der Waals surface area (Å²) < 4.78 is 9.11. The van der Waals surface area contributed by atoms with Crippen LogP contribution in [0.2, 0.25) is 0 Å². The van der Waals surface area contributed by atoms with Crippen LogP contribution in [0.5, 0.6) is 0 Å². The number of aromatic nitrogens is 5. The van der Waals surface area contributed by atoms with Crippen molar-refractivity contribution in [3.8, 4) is 11.1 Å². The van der Waals surface area contributed by atoms with Gasteiger partial charge in [0.15, 0.2) is 5.82 Å². The van der Waals surface area contributed by atoms with Gasteiger partial charge in [0.05, 0.1) is 24.8 Å². The fourth-order valence-electron chi connectivity index (χ4n) is 4.61. The summed E-state index contributed by atoms with van der Waals surface area (Å²) in [6, 6.07) is 9.30. The van der Waals surface area contributed by atoms with Crippen LogP contribution in [0.4, 0.5) is 11.8 Å². The zero-order valence-corrected chi connectivity index (χ0v) is 17.5. The van der Waals surface area contributed by atoms with E-state index in [9.17, 15) is 0 Å². The number of piperidine rings is 1. The number of rotatable bonds is 5. The molecule has 0 bridgehead atoms. The Kier molecular flexibility index (Phi) is 4.50. The molecule has 0 atom stereocenters. The minimum Gasteiger partial charge on any atom is -0.378 e. The third kappa shape index (κ3) is 3.30. The maximum Gasteiger partial charge on any atom is 0.243 e. The summed E-state index contributed by atoms with van der Waals surface area (Å²) in [6.45, 7) is 3.95. The highest BCUT2D eigenvalue weighted by Crippen LogP contribution is 2.31. The number of ether oxygens (including phenoxy) is 1. The number of hydrogen-bond donors (Lipinski definition) is 2. The van der Waals surface area contributed by atoms with Gasteiger partial charge in [0.2, 0.25) is 5.95 Å². The van der Waals surface area contributed by atoms with Crippen LogP contribution in [0, 0.1) is 0 Å². The van der Waals surface area contributed by atoms with Crippen molar-refractivity contribution in [3.05, 3.63) is 42.9 Å². The molecular weight excluding hydrogens is 392 g/mol. The van der Waals surface area contributed by atoms with Crippen LogP contribution in [-0.4, -0.2) is 74.5 Å². The van der Waals surface area contributed by atoms with Crippen molar-refractivity contribution >= 4 is 22.8 Å². The first-order valence-corrected chi connectivity index (χ1v) is 10.9. The molecule has 0 aliphatic carbocycles. The molecule has 0 radical (unpaired) electrons. The Morgan fingerprint density at radius 1 is 1.06 bits per heavy atom. The van der Waals surface area contributed by atoms with E-state index >= 15 is 0 Å². The minimum absolute atomic E-state index is 0.388. The largest absolute Gasteiger partial charge is 0.378 e. The van der Waals surface area contributed by atoms with Crippen molar-refractivity contribution < 1.29 is 4.74 Å². The number of likely N-dealkylation sites (tertiary alicyclic amines) is 1. The number of nitrogens with zero attached hydrogens (tertiary/aromatic N) is 6. The molecule has 6 rings (SSSR count). The van der Waals surface area contributed by atoms with E-state index in [1.807, 2.05) is 40.7 Å². The molecule has 160 valence electrons. The summed E-state index contributed by atoms with van der Waals surface area (Å²) in [5, 5.41) is 15.9. The summed E-state index contributed by atoms with van der Waals surface area (Å²) in [4.78, 5) is 7.34. The lowest BCUT2D eigenvalue weighted by molar-refractivity contribution is -0.0705. The van der Waals surface area contributed by atoms with Crippen molar-refractivity contribution in [2.24, 2.45) is 0 Å². The topological polar surface area (TPSA) is 84.0 Å². The van der Waals surface area contributed by atoms with E-state index in [2.05, 4.69) is 38.8 Å². The zero-order valence-electron chi connectivity index (χ0n) is 17.5. The molecule has 2 aliphatic rings. The van der Waals surface area contributed by atoms with Gasteiger partial charge in [-0.2, -0.15) is 10.1 Å². The monoisotopic (exact) mass is 418 g/mol. The molecule has 4 aromatic rings. The molecule has 0 spiro atoms. The van der Waals surface area contributed by atoms with Gasteiger partial charge in [0.1, 0.15) is 5.52 Å². The van der Waals surface area contributed by atoms with Gasteiger partial charge in [-0.25, -0.2) is 9.03 Å². The number of fused-ring (bicyclic) bond motifs is 2. The van der Waals surface area contributed by atoms with Crippen LogP contribution in [0.3, 0.4) is 0 Å². The van der Waals surface area contributed by atoms with Crippen LogP contribution in [0.1, 0.15) is 12.8 Å². The Balaban J connectivity index is 1.26. The summed E-state index contributed by atoms with van der Waals surface area (Å²) >= 11 is 0. The Hall–Kier alpha value is -3.17. The van der Waals surface area contributed by atoms with Gasteiger partial charge in [-0.05, 0) is 42.7 Å². The van der Waals surface area contributed by atoms with E-state index in [-0.39, 0.29) is 0 Å². The highest BCUT2D eigenvalue weighted by molar-refractivity contribution is 5.89. The van der Waals surface area contributed by atoms with Gasteiger partial charge in [-0.3, -0.25) is 4.90 Å². The van der Waals surface area contributed by atoms with E-state index in [4.69, 9.17) is 14.8 Å². The van der Waals surface area contributed by atoms with Gasteiger partial charge in [0.25, 0.3) is 0 Å². The number of pyridine rings is 1. The second-order valence-electron chi connectivity index (χ2n) is 8.32. The maximum atomic E-state index is 5.34. The van der Waals surface area contributed by atoms with Crippen molar-refractivity contribution in [2.45, 2.75) is 24.9 Å². The van der Waals surface area contributed by atoms with E-state index in [0.29, 0.717) is 18.0 Å². The maximum absolute atomic E-state index is 5.34. The normalized spacial score (nSPS) is 18.5. The summed E-state index contributed by atoms with van der Waals surface area (Å²) in [5.74, 6) is 1.48. The molecule has 2 N–H and O–H groups in total. The lowest BCUT2D eigenvalue weighted by Crippen LogP contribution is -2.53. The van der Waals surface area contributed by atoms with Gasteiger partial charge in [-0.15, -0.1) is 5.10 Å². The Morgan fingerprint density at radius 3 is 2.68 bits per heavy atom. The van der Waals surface area contributed by atoms with Gasteiger partial charge in [0, 0.05) is 50.3 Å². The van der Waals surface area contributed by atoms with Crippen molar-refractivity contribution in [2.75, 3.05) is 44.0 Å². The molecule has 0 amide bonds. The first kappa shape index (κ1) is 18.6. The summed E-state index contributed by atoms with van der Waals surface area (Å²) in [7, 11) is 1.90. The smallest absolute Gasteiger partial charge is 0.243 e. The number of anilines is 2. The van der Waals surface area contributed by atoms with Crippen LogP contribution in [0.25, 0.3) is 22.2 Å². The van der Waals surface area contributed by atoms with Gasteiger partial charge in [-0.1, -0.05) is 0 Å². The molecule has 0 aromatic carbocycles. The first-order valence-electron chi connectivity index (χ1n) is 10.9. The zero-order chi connectivity index (χ0) is 20.8. The van der Waals surface area contributed by atoms with E-state index in [1.165, 1.54) is 0 Å². The SMILES string of the molecule is CNc1nc(NC2CCN(C3COC3)CC2)nn2ccc(-c3ccn4nccc4c3)c12. The lowest BCUT2D eigenvalue weighted by atomic mass is 10.0. The molecule has 9 heteroatoms. The molecule has 2 aliphatic heterocycles. The molecule has 31 heavy (non-hydrogen) atoms. The first-order chi connectivity index (χ1) is 15.3. The standard InChI is InChI=1S/C22H26N8O/c1-23-21-20-19(15-3-10-29-17(12-15)2-7-24-29)6-11-30(20)27-22(26-21)25-16-4-8-28(9-5-16)18-13-31-14-18/h2-3,6-7,10-12,16,18H,4-5,8-9,13-14H2,1H3,(H2,23,25,26,27). The fraction of sp³-hybridized carbons (Fsp3) is 0.409. The van der Waals surface area contributed by atoms with Crippen LogP contribution in [0.15, 0.2) is 42.9 Å². The van der Waals surface area contributed by atoms with Crippen LogP contribution in [-0.2, 0) is 4.74 Å². The quantitative estimate of drug-likeness (QED) is 0.515. The Labute approximate surface area is 180 Å². The average Bonchev–Trinajstić information content (AvgIpc) is 3.39. The fourth-order valence-corrected chi connectivity index (χ4v) is 4.61. The highest BCUT2D eigenvalue weighted by atomic mass is 16.5. The lowest BCUT2D eigenvalue weighted by Gasteiger charge is -2.41. The van der Waals surface area contributed by atoms with E-state index in [0.717, 1.165) is 67.1 Å². The van der Waals surface area contributed by atoms with Crippen molar-refractivity contribution in [1.82, 2.24) is 29.1 Å². The summed E-state index contributed by atoms with van der Waals surface area (Å²) in [5.41, 5.74) is 4.23. The van der Waals surface area contributed by atoms with Crippen LogP contribution < -0.4 is 10.6 Å². The highest BCUT2D eigenvalue weighted by Gasteiger charge is 2.30. The molecular formula is C22H26N8O. The Bertz CT molecular complexity index is 1220. The van der Waals surface area contributed by atoms with Crippen molar-refractivity contribution in [3.63, 3.8) is 0 Å². The molecule has 9 nitrogen and oxygen atoms in total. The molecule has 6 heterocycles. The Morgan fingerprint density at radius 2 is 1.90 bits per heavy atom. The number of hydrogen-bond acceptors (Lipinski definition) is 7.